The molecule has 0 fully saturated rings. The van der Waals surface area contributed by atoms with Gasteiger partial charge in [0, 0.05) is 5.56 Å². The summed E-state index contributed by atoms with van der Waals surface area (Å²) in [5.74, 6) is -0.231. The zero-order valence-corrected chi connectivity index (χ0v) is 10.3. The Morgan fingerprint density at radius 3 is 2.72 bits per heavy atom. The van der Waals surface area contributed by atoms with Gasteiger partial charge >= 0.3 is 6.03 Å². The summed E-state index contributed by atoms with van der Waals surface area (Å²) in [7, 11) is 0. The van der Waals surface area contributed by atoms with E-state index in [4.69, 9.17) is 10.5 Å². The van der Waals surface area contributed by atoms with Crippen LogP contribution in [0, 0.1) is 6.92 Å². The molecular weight excluding hydrogens is 236 g/mol. The topological polar surface area (TPSA) is 102 Å². The Hall–Kier alpha value is -2.08. The monoisotopic (exact) mass is 252 g/mol. The number of rotatable bonds is 4. The molecule has 4 N–H and O–H groups in total. The number of carbonyl (C=O) groups is 2. The predicted molar refractivity (Wildman–Crippen MR) is 65.0 cm³/mol. The lowest BCUT2D eigenvalue weighted by molar-refractivity contribution is -0.121. The summed E-state index contributed by atoms with van der Waals surface area (Å²) in [6, 6.07) is 4.34. The standard InChI is InChI=1S/C12H16N2O4/c1-7-3-4-9(8(2)15)10(5-7)18-6-11(16)14-12(13)17/h3-5,8,15H,6H2,1-2H3,(H3,13,14,16,17). The average molecular weight is 252 g/mol. The Labute approximate surface area is 105 Å². The highest BCUT2D eigenvalue weighted by atomic mass is 16.5. The van der Waals surface area contributed by atoms with E-state index in [0.717, 1.165) is 5.56 Å². The molecule has 18 heavy (non-hydrogen) atoms. The van der Waals surface area contributed by atoms with Gasteiger partial charge in [0.05, 0.1) is 6.10 Å². The van der Waals surface area contributed by atoms with Crippen LogP contribution in [0.15, 0.2) is 18.2 Å². The molecule has 0 heterocycles. The molecule has 3 amide bonds. The van der Waals surface area contributed by atoms with E-state index in [1.165, 1.54) is 0 Å². The van der Waals surface area contributed by atoms with Crippen molar-refractivity contribution in [1.82, 2.24) is 5.32 Å². The van der Waals surface area contributed by atoms with Crippen LogP contribution >= 0.6 is 0 Å². The molecule has 0 bridgehead atoms. The summed E-state index contributed by atoms with van der Waals surface area (Å²) >= 11 is 0. The number of imide groups is 1. The summed E-state index contributed by atoms with van der Waals surface area (Å²) in [6.07, 6.45) is -0.709. The lowest BCUT2D eigenvalue weighted by atomic mass is 10.1. The van der Waals surface area contributed by atoms with Gasteiger partial charge in [-0.3, -0.25) is 10.1 Å². The van der Waals surface area contributed by atoms with Gasteiger partial charge in [-0.2, -0.15) is 0 Å². The lowest BCUT2D eigenvalue weighted by Crippen LogP contribution is -2.38. The number of primary amides is 1. The van der Waals surface area contributed by atoms with E-state index in [2.05, 4.69) is 0 Å². The van der Waals surface area contributed by atoms with Crippen LogP contribution in [0.5, 0.6) is 5.75 Å². The van der Waals surface area contributed by atoms with Gasteiger partial charge in [-0.05, 0) is 25.5 Å². The fourth-order valence-corrected chi connectivity index (χ4v) is 1.43. The minimum atomic E-state index is -0.927. The van der Waals surface area contributed by atoms with Gasteiger partial charge in [0.15, 0.2) is 6.61 Å². The molecule has 0 aliphatic rings. The Bertz CT molecular complexity index is 457. The fourth-order valence-electron chi connectivity index (χ4n) is 1.43. The molecule has 6 heteroatoms. The number of carbonyl (C=O) groups excluding carboxylic acids is 2. The van der Waals surface area contributed by atoms with Gasteiger partial charge in [0.1, 0.15) is 5.75 Å². The van der Waals surface area contributed by atoms with Crippen LogP contribution in [-0.2, 0) is 4.79 Å². The van der Waals surface area contributed by atoms with Crippen molar-refractivity contribution >= 4 is 11.9 Å². The summed E-state index contributed by atoms with van der Waals surface area (Å²) in [4.78, 5) is 21.6. The van der Waals surface area contributed by atoms with Crippen LogP contribution in [0.2, 0.25) is 0 Å². The number of nitrogens with two attached hydrogens (primary N) is 1. The Kier molecular flexibility index (Phi) is 4.67. The minimum absolute atomic E-state index is 0.341. The first-order valence-corrected chi connectivity index (χ1v) is 5.41. The van der Waals surface area contributed by atoms with Crippen LogP contribution in [0.4, 0.5) is 4.79 Å². The van der Waals surface area contributed by atoms with Crippen molar-refractivity contribution in [2.75, 3.05) is 6.61 Å². The lowest BCUT2D eigenvalue weighted by Gasteiger charge is -2.13. The van der Waals surface area contributed by atoms with Crippen LogP contribution in [0.3, 0.4) is 0 Å². The third-order valence-electron chi connectivity index (χ3n) is 2.24. The molecule has 6 nitrogen and oxygen atoms in total. The highest BCUT2D eigenvalue weighted by Crippen LogP contribution is 2.26. The Morgan fingerprint density at radius 2 is 2.17 bits per heavy atom. The molecule has 1 unspecified atom stereocenters. The molecule has 0 radical (unpaired) electrons. The summed E-state index contributed by atoms with van der Waals surface area (Å²) < 4.78 is 5.26. The number of urea groups is 1. The Morgan fingerprint density at radius 1 is 1.50 bits per heavy atom. The maximum absolute atomic E-state index is 11.2. The maximum atomic E-state index is 11.2. The maximum Gasteiger partial charge on any atom is 0.318 e. The SMILES string of the molecule is Cc1ccc(C(C)O)c(OCC(=O)NC(N)=O)c1. The van der Waals surface area contributed by atoms with E-state index in [0.29, 0.717) is 11.3 Å². The molecule has 98 valence electrons. The first-order valence-electron chi connectivity index (χ1n) is 5.41. The number of ether oxygens (including phenoxy) is 1. The van der Waals surface area contributed by atoms with Crippen molar-refractivity contribution in [3.05, 3.63) is 29.3 Å². The number of amides is 3. The molecular formula is C12H16N2O4. The molecule has 1 aromatic carbocycles. The van der Waals surface area contributed by atoms with Crippen LogP contribution < -0.4 is 15.8 Å². The predicted octanol–water partition coefficient (Wildman–Crippen LogP) is 0.622. The van der Waals surface area contributed by atoms with E-state index in [1.54, 1.807) is 19.1 Å². The molecule has 0 saturated carbocycles. The summed E-state index contributed by atoms with van der Waals surface area (Å²) in [5, 5.41) is 11.4. The second-order valence-corrected chi connectivity index (χ2v) is 3.92. The van der Waals surface area contributed by atoms with Gasteiger partial charge in [-0.25, -0.2) is 4.79 Å². The van der Waals surface area contributed by atoms with Crippen molar-refractivity contribution in [3.63, 3.8) is 0 Å². The molecule has 0 aliphatic carbocycles. The van der Waals surface area contributed by atoms with E-state index in [-0.39, 0.29) is 6.61 Å². The van der Waals surface area contributed by atoms with E-state index in [1.807, 2.05) is 18.3 Å². The van der Waals surface area contributed by atoms with Crippen LogP contribution in [-0.4, -0.2) is 23.7 Å². The van der Waals surface area contributed by atoms with Crippen molar-refractivity contribution in [2.45, 2.75) is 20.0 Å². The third-order valence-corrected chi connectivity index (χ3v) is 2.24. The van der Waals surface area contributed by atoms with Gasteiger partial charge in [0.2, 0.25) is 0 Å². The van der Waals surface area contributed by atoms with Crippen molar-refractivity contribution < 1.29 is 19.4 Å². The van der Waals surface area contributed by atoms with E-state index < -0.39 is 18.0 Å². The molecule has 0 spiro atoms. The molecule has 0 aromatic heterocycles. The first kappa shape index (κ1) is 14.0. The van der Waals surface area contributed by atoms with Crippen molar-refractivity contribution in [2.24, 2.45) is 5.73 Å². The second kappa shape index (κ2) is 6.02. The summed E-state index contributed by atoms with van der Waals surface area (Å²) in [6.45, 7) is 3.12. The number of aryl methyl sites for hydroxylation is 1. The highest BCUT2D eigenvalue weighted by Gasteiger charge is 2.11. The summed E-state index contributed by atoms with van der Waals surface area (Å²) in [5.41, 5.74) is 6.31. The third kappa shape index (κ3) is 4.06. The van der Waals surface area contributed by atoms with E-state index >= 15 is 0 Å². The smallest absolute Gasteiger partial charge is 0.318 e. The van der Waals surface area contributed by atoms with Gasteiger partial charge in [-0.15, -0.1) is 0 Å². The average Bonchev–Trinajstić information content (AvgIpc) is 2.25. The van der Waals surface area contributed by atoms with E-state index in [9.17, 15) is 14.7 Å². The number of benzene rings is 1. The molecule has 1 aromatic rings. The molecule has 0 saturated heterocycles. The molecule has 0 aliphatic heterocycles. The number of aliphatic hydroxyl groups excluding tert-OH is 1. The van der Waals surface area contributed by atoms with Crippen molar-refractivity contribution in [1.29, 1.82) is 0 Å². The second-order valence-electron chi connectivity index (χ2n) is 3.92. The van der Waals surface area contributed by atoms with Crippen molar-refractivity contribution in [3.8, 4) is 5.75 Å². The van der Waals surface area contributed by atoms with Crippen LogP contribution in [0.25, 0.3) is 0 Å². The number of aliphatic hydroxyl groups is 1. The highest BCUT2D eigenvalue weighted by molar-refractivity contribution is 5.94. The normalized spacial score (nSPS) is 11.7. The molecule has 1 rings (SSSR count). The van der Waals surface area contributed by atoms with Gasteiger partial charge in [-0.1, -0.05) is 12.1 Å². The van der Waals surface area contributed by atoms with Gasteiger partial charge < -0.3 is 15.6 Å². The largest absolute Gasteiger partial charge is 0.483 e. The quantitative estimate of drug-likeness (QED) is 0.731. The first-order chi connectivity index (χ1) is 8.40. The van der Waals surface area contributed by atoms with Crippen LogP contribution in [0.1, 0.15) is 24.2 Å². The zero-order valence-electron chi connectivity index (χ0n) is 10.3. The minimum Gasteiger partial charge on any atom is -0.483 e. The number of hydrogen-bond donors (Lipinski definition) is 3. The number of nitrogens with one attached hydrogen (secondary N) is 1. The number of hydrogen-bond acceptors (Lipinski definition) is 4. The fraction of sp³-hybridized carbons (Fsp3) is 0.333. The molecule has 1 atom stereocenters. The zero-order chi connectivity index (χ0) is 13.7. The Balaban J connectivity index is 2.74. The van der Waals surface area contributed by atoms with Gasteiger partial charge in [0.25, 0.3) is 5.91 Å².